The average molecular weight is 260 g/mol. The fourth-order valence-electron chi connectivity index (χ4n) is 1.86. The van der Waals surface area contributed by atoms with Gasteiger partial charge in [0.2, 0.25) is 0 Å². The van der Waals surface area contributed by atoms with Gasteiger partial charge in [-0.2, -0.15) is 0 Å². The van der Waals surface area contributed by atoms with Crippen LogP contribution >= 0.6 is 23.5 Å². The molecular formula is C14H12OS2. The topological polar surface area (TPSA) is 20.2 Å². The average Bonchev–Trinajstić information content (AvgIpc) is 2.82. The molecule has 2 aromatic rings. The Bertz CT molecular complexity index is 488. The maximum Gasteiger partial charge on any atom is 0.101 e. The summed E-state index contributed by atoms with van der Waals surface area (Å²) in [6.07, 6.45) is -0.418. The molecule has 1 atom stereocenters. The summed E-state index contributed by atoms with van der Waals surface area (Å²) in [5.74, 6) is 0. The van der Waals surface area contributed by atoms with Gasteiger partial charge in [0, 0.05) is 9.79 Å². The highest BCUT2D eigenvalue weighted by molar-refractivity contribution is 8.19. The molecule has 1 N–H and O–H groups in total. The van der Waals surface area contributed by atoms with Crippen molar-refractivity contribution < 1.29 is 5.11 Å². The first-order valence-corrected chi connectivity index (χ1v) is 7.26. The van der Waals surface area contributed by atoms with Gasteiger partial charge < -0.3 is 5.11 Å². The maximum atomic E-state index is 10.4. The highest BCUT2D eigenvalue weighted by Crippen LogP contribution is 2.51. The smallest absolute Gasteiger partial charge is 0.101 e. The molecule has 0 aliphatic carbocycles. The summed E-state index contributed by atoms with van der Waals surface area (Å²) in [6, 6.07) is 18.2. The molecule has 17 heavy (non-hydrogen) atoms. The zero-order valence-corrected chi connectivity index (χ0v) is 10.7. The second kappa shape index (κ2) is 4.77. The Morgan fingerprint density at radius 3 is 1.94 bits per heavy atom. The Kier molecular flexibility index (Phi) is 3.14. The third-order valence-electron chi connectivity index (χ3n) is 2.73. The van der Waals surface area contributed by atoms with E-state index in [2.05, 4.69) is 12.1 Å². The molecule has 0 radical (unpaired) electrons. The van der Waals surface area contributed by atoms with E-state index in [0.717, 1.165) is 5.56 Å². The maximum absolute atomic E-state index is 10.4. The van der Waals surface area contributed by atoms with Crippen molar-refractivity contribution in [3.63, 3.8) is 0 Å². The van der Waals surface area contributed by atoms with Crippen molar-refractivity contribution in [3.05, 3.63) is 60.2 Å². The standard InChI is InChI=1S/C14H12OS2/c15-13(10-6-2-1-3-7-10)14-16-11-8-4-5-9-12(11)17-14/h1-9,13-15H/t13-/m0/s1. The van der Waals surface area contributed by atoms with Gasteiger partial charge in [0.15, 0.2) is 0 Å². The molecule has 1 nitrogen and oxygen atoms in total. The molecule has 0 unspecified atom stereocenters. The second-order valence-corrected chi connectivity index (χ2v) is 6.57. The first kappa shape index (κ1) is 11.2. The highest BCUT2D eigenvalue weighted by Gasteiger charge is 2.29. The number of aliphatic hydroxyl groups is 1. The van der Waals surface area contributed by atoms with E-state index in [9.17, 15) is 5.11 Å². The van der Waals surface area contributed by atoms with Crippen molar-refractivity contribution in [1.29, 1.82) is 0 Å². The number of hydrogen-bond acceptors (Lipinski definition) is 3. The largest absolute Gasteiger partial charge is 0.386 e. The summed E-state index contributed by atoms with van der Waals surface area (Å²) in [6.45, 7) is 0. The molecule has 0 saturated carbocycles. The summed E-state index contributed by atoms with van der Waals surface area (Å²) in [4.78, 5) is 2.55. The molecule has 1 aliphatic heterocycles. The van der Waals surface area contributed by atoms with Crippen molar-refractivity contribution in [2.45, 2.75) is 20.5 Å². The molecule has 3 heteroatoms. The van der Waals surface area contributed by atoms with Gasteiger partial charge in [-0.15, -0.1) is 23.5 Å². The third kappa shape index (κ3) is 2.23. The number of thioether (sulfide) groups is 2. The molecule has 86 valence electrons. The number of rotatable bonds is 2. The van der Waals surface area contributed by atoms with E-state index in [1.165, 1.54) is 9.79 Å². The minimum absolute atomic E-state index is 0.162. The fraction of sp³-hybridized carbons (Fsp3) is 0.143. The summed E-state index contributed by atoms with van der Waals surface area (Å²) in [5.41, 5.74) is 0.991. The van der Waals surface area contributed by atoms with E-state index in [1.54, 1.807) is 23.5 Å². The van der Waals surface area contributed by atoms with Gasteiger partial charge >= 0.3 is 0 Å². The predicted octanol–water partition coefficient (Wildman–Crippen LogP) is 3.94. The molecule has 1 heterocycles. The first-order chi connectivity index (χ1) is 8.34. The Balaban J connectivity index is 1.81. The molecule has 2 aromatic carbocycles. The van der Waals surface area contributed by atoms with Crippen LogP contribution in [-0.4, -0.2) is 9.69 Å². The second-order valence-electron chi connectivity index (χ2n) is 3.91. The van der Waals surface area contributed by atoms with Crippen LogP contribution in [0, 0.1) is 0 Å². The molecule has 0 aromatic heterocycles. The summed E-state index contributed by atoms with van der Waals surface area (Å²) in [7, 11) is 0. The lowest BCUT2D eigenvalue weighted by Gasteiger charge is -2.16. The van der Waals surface area contributed by atoms with Gasteiger partial charge in [-0.25, -0.2) is 0 Å². The van der Waals surface area contributed by atoms with Crippen molar-refractivity contribution in [2.24, 2.45) is 0 Å². The van der Waals surface area contributed by atoms with Crippen molar-refractivity contribution in [3.8, 4) is 0 Å². The molecule has 3 rings (SSSR count). The monoisotopic (exact) mass is 260 g/mol. The molecule has 0 amide bonds. The highest BCUT2D eigenvalue weighted by atomic mass is 32.2. The molecule has 0 spiro atoms. The van der Waals surface area contributed by atoms with E-state index in [1.807, 2.05) is 42.5 Å². The Morgan fingerprint density at radius 2 is 1.35 bits per heavy atom. The van der Waals surface area contributed by atoms with E-state index < -0.39 is 6.10 Å². The first-order valence-electron chi connectivity index (χ1n) is 5.50. The van der Waals surface area contributed by atoms with Gasteiger partial charge in [-0.05, 0) is 17.7 Å². The van der Waals surface area contributed by atoms with Crippen LogP contribution in [0.2, 0.25) is 0 Å². The van der Waals surface area contributed by atoms with Crippen LogP contribution in [-0.2, 0) is 0 Å². The lowest BCUT2D eigenvalue weighted by molar-refractivity contribution is 0.196. The zero-order chi connectivity index (χ0) is 11.7. The van der Waals surface area contributed by atoms with Crippen LogP contribution in [0.1, 0.15) is 11.7 Å². The lowest BCUT2D eigenvalue weighted by atomic mass is 10.1. The molecule has 0 fully saturated rings. The van der Waals surface area contributed by atoms with Crippen LogP contribution in [0.3, 0.4) is 0 Å². The van der Waals surface area contributed by atoms with Gasteiger partial charge in [0.1, 0.15) is 6.10 Å². The van der Waals surface area contributed by atoms with E-state index in [4.69, 9.17) is 0 Å². The third-order valence-corrected chi connectivity index (χ3v) is 5.64. The molecule has 0 bridgehead atoms. The van der Waals surface area contributed by atoms with Crippen LogP contribution in [0.25, 0.3) is 0 Å². The number of aliphatic hydroxyl groups excluding tert-OH is 1. The predicted molar refractivity (Wildman–Crippen MR) is 73.3 cm³/mol. The summed E-state index contributed by atoms with van der Waals surface area (Å²) < 4.78 is 0.162. The van der Waals surface area contributed by atoms with Crippen molar-refractivity contribution >= 4 is 23.5 Å². The fourth-order valence-corrected chi connectivity index (χ4v) is 4.71. The normalized spacial score (nSPS) is 16.8. The van der Waals surface area contributed by atoms with Gasteiger partial charge in [-0.1, -0.05) is 42.5 Å². The van der Waals surface area contributed by atoms with E-state index >= 15 is 0 Å². The Morgan fingerprint density at radius 1 is 0.824 bits per heavy atom. The van der Waals surface area contributed by atoms with Gasteiger partial charge in [-0.3, -0.25) is 0 Å². The summed E-state index contributed by atoms with van der Waals surface area (Å²) >= 11 is 3.50. The molecular weight excluding hydrogens is 248 g/mol. The van der Waals surface area contributed by atoms with Gasteiger partial charge in [0.05, 0.1) is 4.58 Å². The van der Waals surface area contributed by atoms with Crippen LogP contribution in [0.4, 0.5) is 0 Å². The Labute approximate surface area is 109 Å². The minimum atomic E-state index is -0.418. The zero-order valence-electron chi connectivity index (χ0n) is 9.11. The summed E-state index contributed by atoms with van der Waals surface area (Å²) in [5, 5.41) is 10.4. The van der Waals surface area contributed by atoms with Crippen molar-refractivity contribution in [1.82, 2.24) is 0 Å². The Hall–Kier alpha value is -0.900. The van der Waals surface area contributed by atoms with E-state index in [-0.39, 0.29) is 4.58 Å². The van der Waals surface area contributed by atoms with Crippen molar-refractivity contribution in [2.75, 3.05) is 0 Å². The molecule has 0 saturated heterocycles. The van der Waals surface area contributed by atoms with Crippen LogP contribution in [0.5, 0.6) is 0 Å². The van der Waals surface area contributed by atoms with Crippen LogP contribution in [0.15, 0.2) is 64.4 Å². The SMILES string of the molecule is O[C@@H](c1ccccc1)C1Sc2ccccc2S1. The molecule has 1 aliphatic rings. The quantitative estimate of drug-likeness (QED) is 0.883. The lowest BCUT2D eigenvalue weighted by Crippen LogP contribution is -2.08. The van der Waals surface area contributed by atoms with Crippen LogP contribution < -0.4 is 0 Å². The number of hydrogen-bond donors (Lipinski definition) is 1. The van der Waals surface area contributed by atoms with Gasteiger partial charge in [0.25, 0.3) is 0 Å². The minimum Gasteiger partial charge on any atom is -0.386 e. The van der Waals surface area contributed by atoms with E-state index in [0.29, 0.717) is 0 Å². The number of benzene rings is 2. The number of fused-ring (bicyclic) bond motifs is 1.